The fourth-order valence-electron chi connectivity index (χ4n) is 1.93. The second-order valence-electron chi connectivity index (χ2n) is 4.45. The minimum absolute atomic E-state index is 0.709. The molecule has 0 saturated heterocycles. The van der Waals surface area contributed by atoms with Crippen molar-refractivity contribution in [3.8, 4) is 0 Å². The van der Waals surface area contributed by atoms with E-state index in [0.717, 1.165) is 5.19 Å². The Labute approximate surface area is 110 Å². The molecule has 4 heteroatoms. The molecule has 0 radical (unpaired) electrons. The van der Waals surface area contributed by atoms with Gasteiger partial charge in [-0.05, 0) is 23.5 Å². The molecule has 94 valence electrons. The molecule has 2 unspecified atom stereocenters. The maximum atomic E-state index is 14.7. The van der Waals surface area contributed by atoms with Crippen LogP contribution in [0.15, 0.2) is 60.7 Å². The summed E-state index contributed by atoms with van der Waals surface area (Å²) in [6.07, 6.45) is 0. The van der Waals surface area contributed by atoms with Gasteiger partial charge in [0.2, 0.25) is 0 Å². The van der Waals surface area contributed by atoms with Crippen LogP contribution in [0.3, 0.4) is 0 Å². The minimum Gasteiger partial charge on any atom is -0.428 e. The Morgan fingerprint density at radius 3 is 2.00 bits per heavy atom. The first-order valence-corrected chi connectivity index (χ1v) is 10.6. The average Bonchev–Trinajstić information content (AvgIpc) is 2.40. The monoisotopic (exact) mass is 276 g/mol. The highest BCUT2D eigenvalue weighted by Crippen LogP contribution is 2.09. The molecule has 0 aliphatic carbocycles. The fourth-order valence-corrected chi connectivity index (χ4v) is 7.22. The Morgan fingerprint density at radius 2 is 1.44 bits per heavy atom. The zero-order valence-corrected chi connectivity index (χ0v) is 12.8. The van der Waals surface area contributed by atoms with Crippen molar-refractivity contribution in [3.63, 3.8) is 0 Å². The third-order valence-corrected chi connectivity index (χ3v) is 8.83. The van der Waals surface area contributed by atoms with Crippen LogP contribution in [-0.4, -0.2) is 17.7 Å². The van der Waals surface area contributed by atoms with Crippen LogP contribution in [0.5, 0.6) is 0 Å². The summed E-state index contributed by atoms with van der Waals surface area (Å²) in [6, 6.07) is 19.2. The highest BCUT2D eigenvalue weighted by molar-refractivity contribution is 6.87. The van der Waals surface area contributed by atoms with Crippen LogP contribution >= 0.6 is 0 Å². The maximum absolute atomic E-state index is 14.7. The second kappa shape index (κ2) is 5.60. The number of halogens is 1. The van der Waals surface area contributed by atoms with Gasteiger partial charge in [0.15, 0.2) is 9.04 Å². The van der Waals surface area contributed by atoms with Gasteiger partial charge in [-0.3, -0.25) is 4.11 Å². The van der Waals surface area contributed by atoms with Crippen molar-refractivity contribution >= 4 is 28.1 Å². The van der Waals surface area contributed by atoms with Crippen LogP contribution in [0.4, 0.5) is 4.11 Å². The Kier molecular flexibility index (Phi) is 4.11. The predicted molar refractivity (Wildman–Crippen MR) is 79.0 cm³/mol. The van der Waals surface area contributed by atoms with Crippen molar-refractivity contribution in [2.75, 3.05) is 0 Å². The molecule has 18 heavy (non-hydrogen) atoms. The second-order valence-corrected chi connectivity index (χ2v) is 9.76. The average molecular weight is 276 g/mol. The largest absolute Gasteiger partial charge is 0.428 e. The Balaban J connectivity index is 2.14. The summed E-state index contributed by atoms with van der Waals surface area (Å²) in [4.78, 5) is 0. The lowest BCUT2D eigenvalue weighted by Crippen LogP contribution is -2.50. The van der Waals surface area contributed by atoms with E-state index in [0.29, 0.717) is 5.19 Å². The van der Waals surface area contributed by atoms with Crippen LogP contribution in [0, 0.1) is 0 Å². The molecule has 0 aliphatic heterocycles. The topological polar surface area (TPSA) is 9.23 Å². The summed E-state index contributed by atoms with van der Waals surface area (Å²) < 4.78 is 20.5. The summed E-state index contributed by atoms with van der Waals surface area (Å²) in [5.74, 6) is 0. The van der Waals surface area contributed by atoms with Gasteiger partial charge < -0.3 is 4.12 Å². The quantitative estimate of drug-likeness (QED) is 0.614. The highest BCUT2D eigenvalue weighted by Gasteiger charge is 2.34. The van der Waals surface area contributed by atoms with E-state index in [-0.39, 0.29) is 0 Å². The van der Waals surface area contributed by atoms with E-state index >= 15 is 0 Å². The summed E-state index contributed by atoms with van der Waals surface area (Å²) in [5, 5.41) is 1.85. The first-order valence-electron chi connectivity index (χ1n) is 6.07. The van der Waals surface area contributed by atoms with E-state index in [2.05, 4.69) is 0 Å². The summed E-state index contributed by atoms with van der Waals surface area (Å²) in [5.41, 5.74) is 0. The number of hydrogen-bond donors (Lipinski definition) is 0. The van der Waals surface area contributed by atoms with Crippen LogP contribution in [0.25, 0.3) is 0 Å². The van der Waals surface area contributed by atoms with E-state index in [1.165, 1.54) is 0 Å². The zero-order chi connectivity index (χ0) is 13.0. The van der Waals surface area contributed by atoms with Crippen molar-refractivity contribution in [1.29, 1.82) is 0 Å². The summed E-state index contributed by atoms with van der Waals surface area (Å²) in [6.45, 7) is 3.65. The Bertz CT molecular complexity index is 488. The standard InChI is InChI=1S/C14H17FOSi2/c1-17(13-9-5-3-6-10-13)16-18(2,15)14-11-7-4-8-12-14/h3-12,17H,1-2H3. The van der Waals surface area contributed by atoms with Gasteiger partial charge in [-0.15, -0.1) is 0 Å². The molecule has 0 spiro atoms. The summed E-state index contributed by atoms with van der Waals surface area (Å²) in [7, 11) is -4.93. The number of benzene rings is 2. The molecule has 2 aromatic rings. The SMILES string of the molecule is C[SiH](O[Si](C)(F)c1ccccc1)c1ccccc1. The van der Waals surface area contributed by atoms with Gasteiger partial charge in [0, 0.05) is 0 Å². The van der Waals surface area contributed by atoms with E-state index in [4.69, 9.17) is 4.12 Å². The first kappa shape index (κ1) is 13.2. The molecule has 2 rings (SSSR count). The molecule has 0 saturated carbocycles. The number of hydrogen-bond acceptors (Lipinski definition) is 1. The van der Waals surface area contributed by atoms with Gasteiger partial charge in [-0.1, -0.05) is 60.7 Å². The molecule has 0 aromatic heterocycles. The smallest absolute Gasteiger partial charge is 0.403 e. The molecule has 0 amide bonds. The van der Waals surface area contributed by atoms with E-state index in [1.807, 2.05) is 67.2 Å². The fraction of sp³-hybridized carbons (Fsp3) is 0.143. The molecule has 1 nitrogen and oxygen atoms in total. The predicted octanol–water partition coefficient (Wildman–Crippen LogP) is 2.21. The van der Waals surface area contributed by atoms with Gasteiger partial charge in [-0.2, -0.15) is 0 Å². The van der Waals surface area contributed by atoms with Gasteiger partial charge in [0.25, 0.3) is 0 Å². The molecule has 0 fully saturated rings. The highest BCUT2D eigenvalue weighted by atomic mass is 28.4. The van der Waals surface area contributed by atoms with Crippen molar-refractivity contribution in [1.82, 2.24) is 0 Å². The van der Waals surface area contributed by atoms with Crippen LogP contribution < -0.4 is 10.4 Å². The lowest BCUT2D eigenvalue weighted by Gasteiger charge is -2.23. The normalized spacial score (nSPS) is 15.9. The van der Waals surface area contributed by atoms with Gasteiger partial charge >= 0.3 is 8.65 Å². The minimum atomic E-state index is -3.26. The third-order valence-electron chi connectivity index (χ3n) is 2.96. The molecule has 2 aromatic carbocycles. The van der Waals surface area contributed by atoms with E-state index in [1.54, 1.807) is 6.55 Å². The van der Waals surface area contributed by atoms with Crippen LogP contribution in [0.1, 0.15) is 0 Å². The van der Waals surface area contributed by atoms with Crippen molar-refractivity contribution in [3.05, 3.63) is 60.7 Å². The summed E-state index contributed by atoms with van der Waals surface area (Å²) >= 11 is 0. The van der Waals surface area contributed by atoms with E-state index in [9.17, 15) is 4.11 Å². The van der Waals surface area contributed by atoms with Crippen molar-refractivity contribution in [2.45, 2.75) is 13.1 Å². The van der Waals surface area contributed by atoms with Crippen molar-refractivity contribution in [2.24, 2.45) is 0 Å². The maximum Gasteiger partial charge on any atom is 0.403 e. The third kappa shape index (κ3) is 3.16. The zero-order valence-electron chi connectivity index (χ0n) is 10.6. The molecule has 0 N–H and O–H groups in total. The Morgan fingerprint density at radius 1 is 0.944 bits per heavy atom. The van der Waals surface area contributed by atoms with Gasteiger partial charge in [0.05, 0.1) is 0 Å². The van der Waals surface area contributed by atoms with Crippen LogP contribution in [-0.2, 0) is 4.12 Å². The Hall–Kier alpha value is -1.24. The molecular weight excluding hydrogens is 259 g/mol. The molecule has 0 aliphatic rings. The van der Waals surface area contributed by atoms with Crippen LogP contribution in [0.2, 0.25) is 13.1 Å². The molecule has 0 heterocycles. The first-order chi connectivity index (χ1) is 8.59. The van der Waals surface area contributed by atoms with Gasteiger partial charge in [0.1, 0.15) is 0 Å². The number of rotatable bonds is 4. The van der Waals surface area contributed by atoms with Crippen molar-refractivity contribution < 1.29 is 8.22 Å². The van der Waals surface area contributed by atoms with Gasteiger partial charge in [-0.25, -0.2) is 0 Å². The lowest BCUT2D eigenvalue weighted by atomic mass is 10.4. The lowest BCUT2D eigenvalue weighted by molar-refractivity contribution is 0.506. The molecule has 2 atom stereocenters. The molecular formula is C14H17FOSi2. The van der Waals surface area contributed by atoms with E-state index < -0.39 is 17.7 Å². The molecule has 0 bridgehead atoms.